The molecule has 0 spiro atoms. The van der Waals surface area contributed by atoms with Crippen molar-refractivity contribution in [2.75, 3.05) is 19.8 Å². The highest BCUT2D eigenvalue weighted by Gasteiger charge is 2.37. The van der Waals surface area contributed by atoms with Gasteiger partial charge in [-0.3, -0.25) is 9.59 Å². The minimum absolute atomic E-state index is 0.0874. The lowest BCUT2D eigenvalue weighted by atomic mass is 9.96. The molecule has 2 aliphatic rings. The van der Waals surface area contributed by atoms with Crippen molar-refractivity contribution in [2.24, 2.45) is 0 Å². The lowest BCUT2D eigenvalue weighted by Gasteiger charge is -2.09. The number of aryl methyl sites for hydroxylation is 4. The molecule has 0 amide bonds. The Hall–Kier alpha value is -7.37. The molecule has 1 aliphatic carbocycles. The maximum absolute atomic E-state index is 15.3. The van der Waals surface area contributed by atoms with E-state index in [-0.39, 0.29) is 11.1 Å². The third-order valence-corrected chi connectivity index (χ3v) is 31.0. The summed E-state index contributed by atoms with van der Waals surface area (Å²) in [6.45, 7) is 20.0. The second-order valence-electron chi connectivity index (χ2n) is 31.7. The number of ether oxygens (including phenoxy) is 2. The average molecular weight is 1610 g/mol. The molecule has 13 aromatic rings. The predicted molar refractivity (Wildman–Crippen MR) is 485 cm³/mol. The number of H-pyrrole nitrogens is 1. The SMILES string of the molecule is CCCCCCCC[N+]1=C(/C=C2\C(=O)C(=O)C(/C=c3/[nH]c4ccc(-c5cc(OCCCCCC)c(-c6cc7c(s6)c6sc(CCCCCC)cc6n7CCCCCC)s5)c5cccc3c45)=C2[O-])c2cccc3c(-c4cc(OCCCCCC)c(-c5cc6c(s5)c5sc(CCCCCC)cc5n6CCCCCC)s4)ccc1c23. The van der Waals surface area contributed by atoms with Crippen LogP contribution in [0.1, 0.15) is 256 Å². The van der Waals surface area contributed by atoms with Crippen LogP contribution >= 0.6 is 68.0 Å². The van der Waals surface area contributed by atoms with Crippen LogP contribution < -0.4 is 19.9 Å². The molecule has 0 atom stereocenters. The Morgan fingerprint density at radius 2 is 0.875 bits per heavy atom. The first-order chi connectivity index (χ1) is 55.1. The van der Waals surface area contributed by atoms with E-state index in [1.165, 1.54) is 218 Å². The van der Waals surface area contributed by atoms with E-state index < -0.39 is 17.3 Å². The van der Waals surface area contributed by atoms with Crippen molar-refractivity contribution in [3.8, 4) is 51.9 Å². The zero-order valence-corrected chi connectivity index (χ0v) is 72.3. The molecule has 0 radical (unpaired) electrons. The monoisotopic (exact) mass is 1610 g/mol. The molecule has 1 aliphatic heterocycles. The number of benzene rings is 4. The molecule has 1 N–H and O–H groups in total. The molecule has 10 heterocycles. The third-order valence-electron chi connectivity index (χ3n) is 23.4. The zero-order valence-electron chi connectivity index (χ0n) is 67.4. The molecule has 112 heavy (non-hydrogen) atoms. The lowest BCUT2D eigenvalue weighted by Crippen LogP contribution is -2.17. The van der Waals surface area contributed by atoms with Gasteiger partial charge in [0.05, 0.1) is 84.5 Å². The molecular formula is C97H114N4O5S6. The van der Waals surface area contributed by atoms with Crippen molar-refractivity contribution >= 4 is 170 Å². The number of carbonyl (C=O) groups is 2. The molecule has 0 fully saturated rings. The van der Waals surface area contributed by atoms with Gasteiger partial charge >= 0.3 is 0 Å². The smallest absolute Gasteiger partial charge is 0.233 e. The van der Waals surface area contributed by atoms with Crippen molar-refractivity contribution in [3.05, 3.63) is 141 Å². The van der Waals surface area contributed by atoms with Crippen molar-refractivity contribution in [1.82, 2.24) is 14.1 Å². The third kappa shape index (κ3) is 16.6. The van der Waals surface area contributed by atoms with Crippen LogP contribution in [0.2, 0.25) is 0 Å². The molecule has 15 heteroatoms. The Morgan fingerprint density at radius 1 is 0.420 bits per heavy atom. The lowest BCUT2D eigenvalue weighted by molar-refractivity contribution is -0.436. The van der Waals surface area contributed by atoms with Gasteiger partial charge in [0.25, 0.3) is 0 Å². The number of fused-ring (bicyclic) bond motifs is 6. The normalized spacial score (nSPS) is 14.0. The number of hydrogen-bond acceptors (Lipinski definition) is 11. The summed E-state index contributed by atoms with van der Waals surface area (Å²) in [6, 6.07) is 36.2. The number of Topliss-reactive ketones (excluding diaryl/α,β-unsaturated/α-hetero) is 2. The number of carbonyl (C=O) groups excluding carboxylic acids is 2. The summed E-state index contributed by atoms with van der Waals surface area (Å²) >= 11 is 11.5. The highest BCUT2D eigenvalue weighted by molar-refractivity contribution is 7.32. The van der Waals surface area contributed by atoms with Crippen LogP contribution in [0.15, 0.2) is 120 Å². The number of aromatic amines is 1. The van der Waals surface area contributed by atoms with Crippen LogP contribution in [0.5, 0.6) is 11.5 Å². The second-order valence-corrected chi connectivity index (χ2v) is 38.2. The number of aromatic nitrogens is 3. The number of nitrogens with zero attached hydrogens (tertiary/aromatic N) is 3. The first kappa shape index (κ1) is 79.8. The minimum Gasteiger partial charge on any atom is -0.871 e. The highest BCUT2D eigenvalue weighted by atomic mass is 32.1. The van der Waals surface area contributed by atoms with Crippen LogP contribution in [0.25, 0.3) is 120 Å². The summed E-state index contributed by atoms with van der Waals surface area (Å²) in [5.74, 6) is -0.203. The molecule has 4 aromatic carbocycles. The number of ketones is 2. The van der Waals surface area contributed by atoms with Crippen LogP contribution in [-0.2, 0) is 35.5 Å². The predicted octanol–water partition coefficient (Wildman–Crippen LogP) is 28.8. The Balaban J connectivity index is 0.776. The summed E-state index contributed by atoms with van der Waals surface area (Å²) in [7, 11) is 0. The summed E-state index contributed by atoms with van der Waals surface area (Å²) in [5.41, 5.74) is 11.2. The summed E-state index contributed by atoms with van der Waals surface area (Å²) in [5, 5.41) is 21.1. The Morgan fingerprint density at radius 3 is 1.42 bits per heavy atom. The van der Waals surface area contributed by atoms with Gasteiger partial charge in [-0.05, 0) is 135 Å². The number of nitrogens with one attached hydrogen (secondary N) is 1. The van der Waals surface area contributed by atoms with Crippen molar-refractivity contribution in [3.63, 3.8) is 0 Å². The van der Waals surface area contributed by atoms with E-state index in [1.807, 2.05) is 68.0 Å². The van der Waals surface area contributed by atoms with Gasteiger partial charge < -0.3 is 28.7 Å². The van der Waals surface area contributed by atoms with Gasteiger partial charge in [-0.15, -0.1) is 68.0 Å². The Labute approximate surface area is 687 Å². The molecule has 588 valence electrons. The molecular weight excluding hydrogens is 1490 g/mol. The Bertz CT molecular complexity index is 5660. The number of hydrogen-bond donors (Lipinski definition) is 1. The van der Waals surface area contributed by atoms with Crippen LogP contribution in [-0.4, -0.2) is 55.7 Å². The van der Waals surface area contributed by atoms with Gasteiger partial charge in [0.2, 0.25) is 23.0 Å². The van der Waals surface area contributed by atoms with E-state index in [0.29, 0.717) is 25.1 Å². The van der Waals surface area contributed by atoms with E-state index in [1.54, 1.807) is 12.2 Å². The molecule has 15 rings (SSSR count). The van der Waals surface area contributed by atoms with Gasteiger partial charge in [-0.1, -0.05) is 232 Å². The summed E-state index contributed by atoms with van der Waals surface area (Å²) in [6.07, 6.45) is 41.3. The number of allylic oxidation sites excluding steroid dienone is 3. The van der Waals surface area contributed by atoms with E-state index in [9.17, 15) is 9.59 Å². The van der Waals surface area contributed by atoms with Gasteiger partial charge in [-0.2, -0.15) is 4.58 Å². The van der Waals surface area contributed by atoms with Crippen LogP contribution in [0.4, 0.5) is 5.69 Å². The van der Waals surface area contributed by atoms with Crippen molar-refractivity contribution in [2.45, 2.75) is 267 Å². The number of thiophene rings is 6. The quantitative estimate of drug-likeness (QED) is 0.0177. The second kappa shape index (κ2) is 37.5. The fraction of sp³-hybridized carbons (Fsp3) is 0.454. The zero-order chi connectivity index (χ0) is 77.2. The maximum atomic E-state index is 15.3. The van der Waals surface area contributed by atoms with E-state index in [2.05, 4.69) is 164 Å². The van der Waals surface area contributed by atoms with Crippen LogP contribution in [0, 0.1) is 0 Å². The van der Waals surface area contributed by atoms with Crippen molar-refractivity contribution < 1.29 is 28.7 Å². The fourth-order valence-electron chi connectivity index (χ4n) is 17.3. The molecule has 0 saturated heterocycles. The molecule has 9 aromatic heterocycles. The van der Waals surface area contributed by atoms with E-state index in [4.69, 9.17) is 9.47 Å². The van der Waals surface area contributed by atoms with Gasteiger partial charge in [0.15, 0.2) is 0 Å². The standard InChI is InChI=1S/C97H114N4O5S6/c1-8-15-22-29-30-35-50-99-75-49-47-66(84-62-82(106-54-37-28-21-14-7)97(110-84)86-60-80-95(112-86)93-78(101(80)52-34-26-19-12-5)56-64(108-93)41-32-24-17-10-3)68-43-39-45-70(88(68)75)76(99)58-72-89(102)71(90(103)91(72)104)57-74-69-44-38-42-67-65(46-48-73(98-74)87(67)69)83-61-81(105-53-36-27-20-13-6)96(109-83)85-59-79-94(111-85)92-77(100(79)51-33-25-18-11-4)55-63(107-92)40-31-23-16-9-2/h38-39,42-49,55-62H,8-37,40-41,50-54H2,1-7H3,(H,102,104). The molecule has 9 nitrogen and oxygen atoms in total. The van der Waals surface area contributed by atoms with E-state index in [0.717, 1.165) is 153 Å². The Kier molecular flexibility index (Phi) is 26.7. The number of rotatable bonds is 45. The fourth-order valence-corrected chi connectivity index (χ4v) is 24.8. The van der Waals surface area contributed by atoms with E-state index >= 15 is 5.11 Å². The topological polar surface area (TPSA) is 104 Å². The van der Waals surface area contributed by atoms with Gasteiger partial charge in [-0.25, -0.2) is 0 Å². The summed E-state index contributed by atoms with van der Waals surface area (Å²) < 4.78 is 27.0. The van der Waals surface area contributed by atoms with Crippen molar-refractivity contribution in [1.29, 1.82) is 0 Å². The summed E-state index contributed by atoms with van der Waals surface area (Å²) in [4.78, 5) is 43.2. The molecule has 0 bridgehead atoms. The first-order valence-electron chi connectivity index (χ1n) is 43.2. The van der Waals surface area contributed by atoms with Gasteiger partial charge in [0.1, 0.15) is 18.0 Å². The average Bonchev–Trinajstić information content (AvgIpc) is 1.58. The van der Waals surface area contributed by atoms with Crippen LogP contribution in [0.3, 0.4) is 0 Å². The minimum atomic E-state index is -0.773. The largest absolute Gasteiger partial charge is 0.871 e. The highest BCUT2D eigenvalue weighted by Crippen LogP contribution is 2.54. The van der Waals surface area contributed by atoms with Gasteiger partial charge in [0, 0.05) is 89.5 Å². The number of unbranched alkanes of at least 4 members (excludes halogenated alkanes) is 23. The molecule has 0 saturated carbocycles. The first-order valence-corrected chi connectivity index (χ1v) is 48.1. The maximum Gasteiger partial charge on any atom is 0.233 e. The molecule has 0 unspecified atom stereocenters.